The van der Waals surface area contributed by atoms with Gasteiger partial charge in [-0.1, -0.05) is 80.1 Å². The molecular weight excluding hydrogens is 605 g/mol. The predicted octanol–water partition coefficient (Wildman–Crippen LogP) is 7.47. The van der Waals surface area contributed by atoms with Crippen molar-refractivity contribution < 1.29 is 27.2 Å². The fourth-order valence-corrected chi connectivity index (χ4v) is 6.92. The molecule has 0 fully saturated rings. The van der Waals surface area contributed by atoms with Crippen molar-refractivity contribution in [3.05, 3.63) is 95.5 Å². The smallest absolute Gasteiger partial charge is 0.405 e. The highest BCUT2D eigenvalue weighted by Crippen LogP contribution is 2.53. The fourth-order valence-electron chi connectivity index (χ4n) is 6.92. The van der Waals surface area contributed by atoms with Crippen molar-refractivity contribution in [2.24, 2.45) is 0 Å². The third-order valence-corrected chi connectivity index (χ3v) is 9.09. The van der Waals surface area contributed by atoms with E-state index in [4.69, 9.17) is 4.42 Å². The van der Waals surface area contributed by atoms with Crippen LogP contribution in [0.2, 0.25) is 0 Å². The largest absolute Gasteiger partial charge is 0.443 e. The van der Waals surface area contributed by atoms with Crippen LogP contribution in [0.4, 0.5) is 13.2 Å². The highest BCUT2D eigenvalue weighted by Gasteiger charge is 2.50. The van der Waals surface area contributed by atoms with E-state index < -0.39 is 24.0 Å². The number of nitrogens with one attached hydrogen (secondary N) is 2. The number of allylic oxidation sites excluding steroid dienone is 3. The van der Waals surface area contributed by atoms with Crippen LogP contribution in [0.3, 0.4) is 0 Å². The Balaban J connectivity index is 1.20. The number of fused-ring (bicyclic) bond motifs is 2. The molecule has 250 valence electrons. The van der Waals surface area contributed by atoms with Gasteiger partial charge in [-0.25, -0.2) is 4.98 Å². The number of hydrogen-bond acceptors (Lipinski definition) is 5. The van der Waals surface area contributed by atoms with Crippen molar-refractivity contribution in [1.29, 1.82) is 0 Å². The van der Waals surface area contributed by atoms with Crippen LogP contribution in [0.25, 0.3) is 16.9 Å². The van der Waals surface area contributed by atoms with E-state index in [9.17, 15) is 22.8 Å². The molecule has 2 N–H and O–H groups in total. The monoisotopic (exact) mass is 648 g/mol. The molecule has 0 bridgehead atoms. The van der Waals surface area contributed by atoms with Gasteiger partial charge in [-0.2, -0.15) is 13.2 Å². The van der Waals surface area contributed by atoms with E-state index >= 15 is 0 Å². The number of carbonyl (C=O) groups is 2. The minimum atomic E-state index is -4.49. The maximum Gasteiger partial charge on any atom is 0.405 e. The van der Waals surface area contributed by atoms with Crippen LogP contribution < -0.4 is 10.6 Å². The average Bonchev–Trinajstić information content (AvgIpc) is 3.67. The van der Waals surface area contributed by atoms with Crippen molar-refractivity contribution in [1.82, 2.24) is 20.5 Å². The van der Waals surface area contributed by atoms with Crippen LogP contribution in [0.1, 0.15) is 80.4 Å². The first-order valence-electron chi connectivity index (χ1n) is 16.5. The second-order valence-corrected chi connectivity index (χ2v) is 12.4. The molecule has 0 saturated carbocycles. The summed E-state index contributed by atoms with van der Waals surface area (Å²) in [5.74, 6) is -0.422. The molecule has 3 aromatic rings. The summed E-state index contributed by atoms with van der Waals surface area (Å²) in [5.41, 5.74) is 3.56. The lowest BCUT2D eigenvalue weighted by molar-refractivity contribution is -0.141. The number of rotatable bonds is 15. The van der Waals surface area contributed by atoms with Gasteiger partial charge in [0.15, 0.2) is 17.8 Å². The summed E-state index contributed by atoms with van der Waals surface area (Å²) in [5, 5.41) is 5.29. The van der Waals surface area contributed by atoms with E-state index in [2.05, 4.69) is 33.5 Å². The quantitative estimate of drug-likeness (QED) is 0.167. The van der Waals surface area contributed by atoms with Crippen LogP contribution in [-0.4, -0.2) is 60.1 Å². The van der Waals surface area contributed by atoms with Gasteiger partial charge in [0, 0.05) is 18.2 Å². The van der Waals surface area contributed by atoms with Gasteiger partial charge in [0.05, 0.1) is 5.41 Å². The van der Waals surface area contributed by atoms with Gasteiger partial charge < -0.3 is 20.0 Å². The molecule has 2 aliphatic rings. The number of amides is 2. The third kappa shape index (κ3) is 7.87. The van der Waals surface area contributed by atoms with Crippen molar-refractivity contribution in [3.8, 4) is 11.3 Å². The number of alkyl halides is 3. The molecule has 0 aliphatic heterocycles. The van der Waals surface area contributed by atoms with Gasteiger partial charge in [0.1, 0.15) is 6.54 Å². The maximum atomic E-state index is 13.8. The van der Waals surface area contributed by atoms with Gasteiger partial charge in [0.25, 0.3) is 5.91 Å². The Morgan fingerprint density at radius 1 is 1.04 bits per heavy atom. The number of oxazole rings is 1. The molecule has 0 saturated heterocycles. The average molecular weight is 649 g/mol. The zero-order chi connectivity index (χ0) is 33.4. The molecule has 1 aromatic heterocycles. The third-order valence-electron chi connectivity index (χ3n) is 9.09. The second kappa shape index (κ2) is 15.2. The fraction of sp³-hybridized carbons (Fsp3) is 0.432. The van der Waals surface area contributed by atoms with Gasteiger partial charge in [-0.15, -0.1) is 0 Å². The Morgan fingerprint density at radius 3 is 2.57 bits per heavy atom. The number of carbonyl (C=O) groups excluding carboxylic acids is 2. The van der Waals surface area contributed by atoms with Crippen molar-refractivity contribution in [2.75, 3.05) is 26.2 Å². The van der Waals surface area contributed by atoms with E-state index in [1.165, 1.54) is 6.39 Å². The molecule has 10 heteroatoms. The Morgan fingerprint density at radius 2 is 1.81 bits per heavy atom. The molecular formula is C37H43F3N4O3. The molecule has 2 amide bonds. The standard InChI is InChI=1S/C37H43F3N4O3/c1-3-21-44(23-19-26(2)43-34(45)32-33(47-25-42-32)27-13-5-4-6-14-27)22-12-11-20-36(35(46)41-24-37(38,39)40)30-17-9-7-15-28(30)29-16-8-10-18-31(29)36/h4-9,13-17,25-26H,3,10-12,18-24H2,1-2H3,(H,41,46)(H,43,45). The lowest BCUT2D eigenvalue weighted by Crippen LogP contribution is -2.48. The van der Waals surface area contributed by atoms with Crippen LogP contribution >= 0.6 is 0 Å². The summed E-state index contributed by atoms with van der Waals surface area (Å²) >= 11 is 0. The number of hydrogen-bond donors (Lipinski definition) is 2. The SMILES string of the molecule is CCCN(CCCCC1(C(=O)NCC(F)(F)F)C2=C(C=CCC2)c2ccccc21)CCC(C)NC(=O)c1ncoc1-c1ccccc1. The molecule has 1 heterocycles. The molecule has 2 unspecified atom stereocenters. The molecule has 7 nitrogen and oxygen atoms in total. The van der Waals surface area contributed by atoms with Gasteiger partial charge >= 0.3 is 6.18 Å². The highest BCUT2D eigenvalue weighted by atomic mass is 19.4. The normalized spacial score (nSPS) is 17.8. The first-order chi connectivity index (χ1) is 22.6. The van der Waals surface area contributed by atoms with Crippen molar-refractivity contribution in [3.63, 3.8) is 0 Å². The zero-order valence-electron chi connectivity index (χ0n) is 27.0. The lowest BCUT2D eigenvalue weighted by atomic mass is 9.70. The van der Waals surface area contributed by atoms with Crippen LogP contribution in [0.5, 0.6) is 0 Å². The van der Waals surface area contributed by atoms with Crippen LogP contribution in [0.15, 0.2) is 83.1 Å². The molecule has 0 radical (unpaired) electrons. The molecule has 0 spiro atoms. The molecule has 5 rings (SSSR count). The van der Waals surface area contributed by atoms with Gasteiger partial charge in [-0.05, 0) is 80.8 Å². The summed E-state index contributed by atoms with van der Waals surface area (Å²) in [6, 6.07) is 16.9. The summed E-state index contributed by atoms with van der Waals surface area (Å²) in [6.07, 6.45) is 5.86. The van der Waals surface area contributed by atoms with Crippen LogP contribution in [-0.2, 0) is 10.2 Å². The summed E-state index contributed by atoms with van der Waals surface area (Å²) < 4.78 is 45.1. The minimum Gasteiger partial charge on any atom is -0.443 e. The molecule has 2 aromatic carbocycles. The number of halogens is 3. The highest BCUT2D eigenvalue weighted by molar-refractivity contribution is 6.02. The molecule has 2 aliphatic carbocycles. The topological polar surface area (TPSA) is 87.5 Å². The first kappa shape index (κ1) is 34.2. The zero-order valence-corrected chi connectivity index (χ0v) is 27.0. The molecule has 2 atom stereocenters. The second-order valence-electron chi connectivity index (χ2n) is 12.4. The first-order valence-corrected chi connectivity index (χ1v) is 16.5. The number of nitrogens with zero attached hydrogens (tertiary/aromatic N) is 2. The Kier molecular flexibility index (Phi) is 11.0. The van der Waals surface area contributed by atoms with Crippen molar-refractivity contribution in [2.45, 2.75) is 76.4 Å². The Labute approximate surface area is 274 Å². The van der Waals surface area contributed by atoms with E-state index in [1.54, 1.807) is 0 Å². The van der Waals surface area contributed by atoms with Gasteiger partial charge in [-0.3, -0.25) is 9.59 Å². The van der Waals surface area contributed by atoms with Crippen LogP contribution in [0, 0.1) is 0 Å². The summed E-state index contributed by atoms with van der Waals surface area (Å²) in [7, 11) is 0. The Bertz CT molecular complexity index is 1600. The van der Waals surface area contributed by atoms with E-state index in [0.29, 0.717) is 25.0 Å². The summed E-state index contributed by atoms with van der Waals surface area (Å²) in [4.78, 5) is 33.3. The van der Waals surface area contributed by atoms with Gasteiger partial charge in [0.2, 0.25) is 5.91 Å². The number of aromatic nitrogens is 1. The van der Waals surface area contributed by atoms with Crippen molar-refractivity contribution >= 4 is 17.4 Å². The lowest BCUT2D eigenvalue weighted by Gasteiger charge is -2.34. The predicted molar refractivity (Wildman–Crippen MR) is 177 cm³/mol. The Hall–Kier alpha value is -4.18. The van der Waals surface area contributed by atoms with E-state index in [0.717, 1.165) is 73.2 Å². The number of unbranched alkanes of at least 4 members (excludes halogenated alkanes) is 1. The van der Waals surface area contributed by atoms with E-state index in [-0.39, 0.29) is 17.6 Å². The minimum absolute atomic E-state index is 0.109. The molecule has 47 heavy (non-hydrogen) atoms. The van der Waals surface area contributed by atoms with E-state index in [1.807, 2.05) is 67.6 Å². The number of benzene rings is 2. The maximum absolute atomic E-state index is 13.8. The summed E-state index contributed by atoms with van der Waals surface area (Å²) in [6.45, 7) is 5.16.